The summed E-state index contributed by atoms with van der Waals surface area (Å²) in [7, 11) is 0. The van der Waals surface area contributed by atoms with E-state index < -0.39 is 41.4 Å². The molecule has 4 aliphatic rings. The SMILES string of the molecule is CC1(C)CCOc2c(C(=O)NC3CN4C(N)=N[C@@H](CNC(=O)c5cc(=O)[nH]cn5)[C@@H]5[NH+]=C(N)N[C@@]54[C@@H]3O)cccc21. The molecule has 10 N–H and O–H groups in total. The monoisotopic (exact) mass is 565 g/mol. The summed E-state index contributed by atoms with van der Waals surface area (Å²) in [6.45, 7) is 4.89. The summed E-state index contributed by atoms with van der Waals surface area (Å²) in [6, 6.07) is 4.54. The van der Waals surface area contributed by atoms with Crippen LogP contribution >= 0.6 is 0 Å². The molecule has 0 saturated carbocycles. The summed E-state index contributed by atoms with van der Waals surface area (Å²) < 4.78 is 5.92. The average molecular weight is 566 g/mol. The number of aliphatic hydroxyl groups is 1. The zero-order valence-electron chi connectivity index (χ0n) is 22.6. The number of hydrogen-bond donors (Lipinski definition) is 8. The third-order valence-corrected chi connectivity index (χ3v) is 8.40. The molecule has 0 aliphatic carbocycles. The highest BCUT2D eigenvalue weighted by atomic mass is 16.5. The Morgan fingerprint density at radius 2 is 2.10 bits per heavy atom. The molecule has 1 saturated heterocycles. The van der Waals surface area contributed by atoms with Crippen molar-refractivity contribution in [2.45, 2.75) is 55.6 Å². The number of carbonyl (C=O) groups is 2. The molecule has 15 nitrogen and oxygen atoms in total. The number of nitrogens with zero attached hydrogens (tertiary/aromatic N) is 3. The molecule has 0 bridgehead atoms. The lowest BCUT2D eigenvalue weighted by Crippen LogP contribution is -2.88. The number of ether oxygens (including phenoxy) is 1. The Kier molecular flexibility index (Phi) is 6.13. The fourth-order valence-electron chi connectivity index (χ4n) is 6.26. The molecule has 5 atom stereocenters. The molecule has 1 unspecified atom stereocenters. The zero-order chi connectivity index (χ0) is 29.1. The minimum atomic E-state index is -1.25. The van der Waals surface area contributed by atoms with E-state index in [1.165, 1.54) is 0 Å². The van der Waals surface area contributed by atoms with Crippen LogP contribution in [0.1, 0.15) is 46.7 Å². The van der Waals surface area contributed by atoms with Crippen molar-refractivity contribution in [1.29, 1.82) is 0 Å². The van der Waals surface area contributed by atoms with Crippen molar-refractivity contribution in [3.63, 3.8) is 0 Å². The lowest BCUT2D eigenvalue weighted by molar-refractivity contribution is -0.513. The van der Waals surface area contributed by atoms with E-state index in [2.05, 4.69) is 49.8 Å². The fraction of sp³-hybridized carbons (Fsp3) is 0.462. The van der Waals surface area contributed by atoms with Gasteiger partial charge in [0, 0.05) is 24.7 Å². The highest BCUT2D eigenvalue weighted by Crippen LogP contribution is 2.41. The van der Waals surface area contributed by atoms with Crippen molar-refractivity contribution in [3.8, 4) is 5.75 Å². The van der Waals surface area contributed by atoms with Crippen LogP contribution in [-0.4, -0.2) is 93.3 Å². The van der Waals surface area contributed by atoms with Crippen LogP contribution in [0.5, 0.6) is 5.75 Å². The lowest BCUT2D eigenvalue weighted by Gasteiger charge is -2.43. The maximum absolute atomic E-state index is 13.5. The summed E-state index contributed by atoms with van der Waals surface area (Å²) in [5.41, 5.74) is 12.0. The van der Waals surface area contributed by atoms with Crippen LogP contribution in [0.2, 0.25) is 0 Å². The largest absolute Gasteiger partial charge is 0.492 e. The van der Waals surface area contributed by atoms with Gasteiger partial charge in [-0.15, -0.1) is 0 Å². The van der Waals surface area contributed by atoms with Gasteiger partial charge in [-0.2, -0.15) is 0 Å². The van der Waals surface area contributed by atoms with Gasteiger partial charge in [-0.3, -0.25) is 25.1 Å². The van der Waals surface area contributed by atoms with Crippen LogP contribution in [0.15, 0.2) is 40.4 Å². The first-order chi connectivity index (χ1) is 19.5. The molecule has 0 radical (unpaired) electrons. The van der Waals surface area contributed by atoms with Crippen molar-refractivity contribution in [3.05, 3.63) is 57.8 Å². The van der Waals surface area contributed by atoms with Crippen LogP contribution in [0.3, 0.4) is 0 Å². The van der Waals surface area contributed by atoms with Crippen LogP contribution in [-0.2, 0) is 5.41 Å². The number of aliphatic imine (C=N–C) groups is 1. The lowest BCUT2D eigenvalue weighted by atomic mass is 9.79. The number of fused-ring (bicyclic) bond motifs is 1. The van der Waals surface area contributed by atoms with Gasteiger partial charge in [-0.05, 0) is 17.9 Å². The van der Waals surface area contributed by atoms with E-state index in [0.29, 0.717) is 17.9 Å². The van der Waals surface area contributed by atoms with Crippen molar-refractivity contribution < 1.29 is 24.4 Å². The number of guanidine groups is 2. The van der Waals surface area contributed by atoms with E-state index in [1.807, 2.05) is 12.1 Å². The second kappa shape index (κ2) is 9.47. The van der Waals surface area contributed by atoms with Gasteiger partial charge in [0.15, 0.2) is 12.0 Å². The quantitative estimate of drug-likeness (QED) is 0.174. The maximum atomic E-state index is 13.5. The van der Waals surface area contributed by atoms with E-state index in [1.54, 1.807) is 11.0 Å². The third-order valence-electron chi connectivity index (χ3n) is 8.40. The third kappa shape index (κ3) is 4.23. The number of aromatic nitrogens is 2. The highest BCUT2D eigenvalue weighted by molar-refractivity contribution is 5.98. The van der Waals surface area contributed by atoms with Crippen molar-refractivity contribution in [1.82, 2.24) is 30.8 Å². The Hall–Kier alpha value is -4.66. The topological polar surface area (TPSA) is 227 Å². The van der Waals surface area contributed by atoms with Gasteiger partial charge >= 0.3 is 5.96 Å². The molecule has 41 heavy (non-hydrogen) atoms. The van der Waals surface area contributed by atoms with Gasteiger partial charge in [-0.25, -0.2) is 15.3 Å². The van der Waals surface area contributed by atoms with Gasteiger partial charge in [-0.1, -0.05) is 26.0 Å². The second-order valence-corrected chi connectivity index (χ2v) is 11.3. The summed E-state index contributed by atoms with van der Waals surface area (Å²) >= 11 is 0. The van der Waals surface area contributed by atoms with Crippen LogP contribution < -0.4 is 42.7 Å². The highest BCUT2D eigenvalue weighted by Gasteiger charge is 2.68. The zero-order valence-corrected chi connectivity index (χ0v) is 22.6. The van der Waals surface area contributed by atoms with E-state index in [9.17, 15) is 19.5 Å². The molecule has 216 valence electrons. The van der Waals surface area contributed by atoms with Crippen molar-refractivity contribution in [2.24, 2.45) is 16.5 Å². The van der Waals surface area contributed by atoms with Gasteiger partial charge in [0.1, 0.15) is 23.6 Å². The van der Waals surface area contributed by atoms with Gasteiger partial charge in [0.2, 0.25) is 5.66 Å². The summed E-state index contributed by atoms with van der Waals surface area (Å²) in [5, 5.41) is 20.5. The molecule has 6 rings (SSSR count). The van der Waals surface area contributed by atoms with E-state index in [0.717, 1.165) is 24.4 Å². The van der Waals surface area contributed by atoms with E-state index in [-0.39, 0.29) is 42.0 Å². The summed E-state index contributed by atoms with van der Waals surface area (Å²) in [5.74, 6) is -0.109. The average Bonchev–Trinajstić information content (AvgIpc) is 3.43. The maximum Gasteiger partial charge on any atom is 0.343 e. The summed E-state index contributed by atoms with van der Waals surface area (Å²) in [4.78, 5) is 53.3. The molecular formula is C26H33N10O5+. The number of H-pyrrole nitrogens is 1. The van der Waals surface area contributed by atoms with Crippen LogP contribution in [0.25, 0.3) is 0 Å². The number of aliphatic hydroxyl groups excluding tert-OH is 1. The number of benzene rings is 1. The molecule has 5 heterocycles. The molecular weight excluding hydrogens is 532 g/mol. The van der Waals surface area contributed by atoms with E-state index in [4.69, 9.17) is 16.2 Å². The Morgan fingerprint density at radius 1 is 1.29 bits per heavy atom. The van der Waals surface area contributed by atoms with Crippen LogP contribution in [0.4, 0.5) is 0 Å². The Balaban J connectivity index is 1.23. The molecule has 1 aromatic carbocycles. The molecule has 2 aromatic rings. The molecule has 1 fully saturated rings. The van der Waals surface area contributed by atoms with Crippen LogP contribution in [0, 0.1) is 0 Å². The number of nitrogens with two attached hydrogens (primary N) is 2. The van der Waals surface area contributed by atoms with Gasteiger partial charge in [0.25, 0.3) is 17.4 Å². The number of carbonyl (C=O) groups excluding carboxylic acids is 2. The number of nitrogens with one attached hydrogen (secondary N) is 5. The predicted octanol–water partition coefficient (Wildman–Crippen LogP) is -4.20. The number of amides is 2. The Labute approximate surface area is 234 Å². The minimum Gasteiger partial charge on any atom is -0.492 e. The molecule has 1 spiro atoms. The van der Waals surface area contributed by atoms with Crippen molar-refractivity contribution in [2.75, 3.05) is 19.7 Å². The van der Waals surface area contributed by atoms with Gasteiger partial charge < -0.3 is 36.1 Å². The molecule has 15 heteroatoms. The summed E-state index contributed by atoms with van der Waals surface area (Å²) in [6.07, 6.45) is 0.798. The van der Waals surface area contributed by atoms with Gasteiger partial charge in [0.05, 0.1) is 24.5 Å². The molecule has 4 aliphatic heterocycles. The number of rotatable bonds is 5. The standard InChI is InChI=1S/C26H32N10O5/c1-25(2)6-7-41-18-12(4-3-5-13(18)25)21(39)32-16-10-36-24(28)33-15(19-26(36,20(16)38)35-23(27)34-19)9-29-22(40)14-8-17(37)31-11-30-14/h3-5,8,11,15-16,19-20,38H,6-7,9-10H2,1-2H3,(H2,28,33)(H,29,40)(H,32,39)(H3,27,34,35)(H,30,31,37)/p+1/t15-,16?,19-,20+,26-/m0/s1. The smallest absolute Gasteiger partial charge is 0.343 e. The predicted molar refractivity (Wildman–Crippen MR) is 146 cm³/mol. The Bertz CT molecular complexity index is 1540. The number of aromatic amines is 1. The van der Waals surface area contributed by atoms with Crippen molar-refractivity contribution >= 4 is 23.7 Å². The number of para-hydroxylation sites is 1. The first-order valence-electron chi connectivity index (χ1n) is 13.4. The first-order valence-corrected chi connectivity index (χ1v) is 13.4. The molecule has 2 amide bonds. The first kappa shape index (κ1) is 26.6. The number of hydrogen-bond acceptors (Lipinski definition) is 11. The molecule has 1 aromatic heterocycles. The Morgan fingerprint density at radius 3 is 2.88 bits per heavy atom. The van der Waals surface area contributed by atoms with E-state index >= 15 is 0 Å². The fourth-order valence-corrected chi connectivity index (χ4v) is 6.26. The minimum absolute atomic E-state index is 0.00323. The second-order valence-electron chi connectivity index (χ2n) is 11.3. The normalized spacial score (nSPS) is 29.1.